The third kappa shape index (κ3) is 2.52. The van der Waals surface area contributed by atoms with Gasteiger partial charge >= 0.3 is 0 Å². The number of fused-ring (bicyclic) bond motifs is 1. The zero-order valence-electron chi connectivity index (χ0n) is 10.6. The number of para-hydroxylation sites is 1. The largest absolute Gasteiger partial charge is 0.398 e. The molecule has 3 aromatic carbocycles. The summed E-state index contributed by atoms with van der Waals surface area (Å²) in [6.07, 6.45) is 0. The summed E-state index contributed by atoms with van der Waals surface area (Å²) in [7, 11) is 0. The van der Waals surface area contributed by atoms with Gasteiger partial charge in [0.15, 0.2) is 0 Å². The van der Waals surface area contributed by atoms with Crippen LogP contribution >= 0.6 is 0 Å². The molecule has 0 spiro atoms. The number of hydrogen-bond donors (Lipinski definition) is 2. The lowest BCUT2D eigenvalue weighted by atomic mass is 10.1. The third-order valence-corrected chi connectivity index (χ3v) is 3.29. The Morgan fingerprint density at radius 1 is 0.789 bits per heavy atom. The van der Waals surface area contributed by atoms with Crippen LogP contribution in [0.3, 0.4) is 0 Å². The lowest BCUT2D eigenvalue weighted by molar-refractivity contribution is 1.16. The molecule has 0 fully saturated rings. The van der Waals surface area contributed by atoms with Crippen LogP contribution in [0.15, 0.2) is 66.7 Å². The van der Waals surface area contributed by atoms with Gasteiger partial charge in [-0.15, -0.1) is 0 Å². The summed E-state index contributed by atoms with van der Waals surface area (Å²) in [4.78, 5) is 0. The molecule has 2 nitrogen and oxygen atoms in total. The third-order valence-electron chi connectivity index (χ3n) is 3.29. The average molecular weight is 248 g/mol. The van der Waals surface area contributed by atoms with Gasteiger partial charge in [0.25, 0.3) is 0 Å². The van der Waals surface area contributed by atoms with E-state index in [2.05, 4.69) is 47.8 Å². The van der Waals surface area contributed by atoms with E-state index in [1.54, 1.807) is 0 Å². The van der Waals surface area contributed by atoms with Crippen LogP contribution < -0.4 is 11.1 Å². The SMILES string of the molecule is Nc1ccccc1CNc1ccc2ccccc2c1. The second-order valence-corrected chi connectivity index (χ2v) is 4.61. The average Bonchev–Trinajstić information content (AvgIpc) is 2.46. The van der Waals surface area contributed by atoms with Gasteiger partial charge in [0.2, 0.25) is 0 Å². The molecule has 0 heterocycles. The van der Waals surface area contributed by atoms with Gasteiger partial charge in [-0.3, -0.25) is 0 Å². The Morgan fingerprint density at radius 3 is 2.37 bits per heavy atom. The quantitative estimate of drug-likeness (QED) is 0.687. The Labute approximate surface area is 112 Å². The van der Waals surface area contributed by atoms with Crippen LogP contribution in [0.1, 0.15) is 5.56 Å². The Bertz CT molecular complexity index is 704. The Hall–Kier alpha value is -2.48. The van der Waals surface area contributed by atoms with E-state index in [0.717, 1.165) is 23.5 Å². The molecule has 3 rings (SSSR count). The number of nitrogens with two attached hydrogens (primary N) is 1. The first-order valence-corrected chi connectivity index (χ1v) is 6.39. The lowest BCUT2D eigenvalue weighted by Gasteiger charge is -2.09. The maximum absolute atomic E-state index is 5.94. The molecular formula is C17H16N2. The van der Waals surface area contributed by atoms with Gasteiger partial charge < -0.3 is 11.1 Å². The first-order valence-electron chi connectivity index (χ1n) is 6.39. The summed E-state index contributed by atoms with van der Waals surface area (Å²) in [6, 6.07) is 22.7. The van der Waals surface area contributed by atoms with Crippen LogP contribution in [-0.4, -0.2) is 0 Å². The molecule has 94 valence electrons. The second kappa shape index (κ2) is 5.02. The van der Waals surface area contributed by atoms with Crippen LogP contribution in [0, 0.1) is 0 Å². The van der Waals surface area contributed by atoms with Gasteiger partial charge in [-0.05, 0) is 34.5 Å². The molecule has 0 bridgehead atoms. The van der Waals surface area contributed by atoms with E-state index in [1.807, 2.05) is 24.3 Å². The highest BCUT2D eigenvalue weighted by Gasteiger charge is 1.99. The first kappa shape index (κ1) is 11.6. The lowest BCUT2D eigenvalue weighted by Crippen LogP contribution is -2.02. The number of nitrogens with one attached hydrogen (secondary N) is 1. The predicted molar refractivity (Wildman–Crippen MR) is 82.1 cm³/mol. The minimum atomic E-state index is 0.741. The topological polar surface area (TPSA) is 38.0 Å². The minimum Gasteiger partial charge on any atom is -0.398 e. The van der Waals surface area contributed by atoms with Gasteiger partial charge in [-0.25, -0.2) is 0 Å². The maximum atomic E-state index is 5.94. The molecule has 0 unspecified atom stereocenters. The molecule has 3 aromatic rings. The molecule has 0 saturated heterocycles. The highest BCUT2D eigenvalue weighted by Crippen LogP contribution is 2.20. The Kier molecular flexibility index (Phi) is 3.07. The first-order chi connectivity index (χ1) is 9.33. The molecule has 19 heavy (non-hydrogen) atoms. The van der Waals surface area contributed by atoms with Gasteiger partial charge in [-0.2, -0.15) is 0 Å². The van der Waals surface area contributed by atoms with Crippen molar-refractivity contribution in [3.05, 3.63) is 72.3 Å². The van der Waals surface area contributed by atoms with Gasteiger partial charge in [0.1, 0.15) is 0 Å². The van der Waals surface area contributed by atoms with E-state index in [9.17, 15) is 0 Å². The van der Waals surface area contributed by atoms with Crippen molar-refractivity contribution in [2.45, 2.75) is 6.54 Å². The highest BCUT2D eigenvalue weighted by molar-refractivity contribution is 5.85. The molecule has 0 aliphatic heterocycles. The standard InChI is InChI=1S/C17H16N2/c18-17-8-4-3-7-15(17)12-19-16-10-9-13-5-1-2-6-14(13)11-16/h1-11,19H,12,18H2. The second-order valence-electron chi connectivity index (χ2n) is 4.61. The van der Waals surface area contributed by atoms with Crippen molar-refractivity contribution in [3.8, 4) is 0 Å². The molecule has 0 amide bonds. The highest BCUT2D eigenvalue weighted by atomic mass is 14.9. The van der Waals surface area contributed by atoms with Crippen LogP contribution in [-0.2, 0) is 6.54 Å². The van der Waals surface area contributed by atoms with Crippen molar-refractivity contribution in [2.24, 2.45) is 0 Å². The van der Waals surface area contributed by atoms with Crippen molar-refractivity contribution < 1.29 is 0 Å². The van der Waals surface area contributed by atoms with E-state index in [-0.39, 0.29) is 0 Å². The van der Waals surface area contributed by atoms with E-state index in [0.29, 0.717) is 0 Å². The van der Waals surface area contributed by atoms with Gasteiger partial charge in [0, 0.05) is 17.9 Å². The summed E-state index contributed by atoms with van der Waals surface area (Å²) in [6.45, 7) is 0.741. The molecule has 0 aromatic heterocycles. The molecule has 0 aliphatic rings. The van der Waals surface area contributed by atoms with E-state index >= 15 is 0 Å². The number of rotatable bonds is 3. The van der Waals surface area contributed by atoms with Gasteiger partial charge in [0.05, 0.1) is 0 Å². The monoisotopic (exact) mass is 248 g/mol. The van der Waals surface area contributed by atoms with Crippen LogP contribution in [0.4, 0.5) is 11.4 Å². The zero-order valence-corrected chi connectivity index (χ0v) is 10.6. The normalized spacial score (nSPS) is 10.5. The minimum absolute atomic E-state index is 0.741. The summed E-state index contributed by atoms with van der Waals surface area (Å²) in [5.74, 6) is 0. The smallest absolute Gasteiger partial charge is 0.0421 e. The summed E-state index contributed by atoms with van der Waals surface area (Å²) < 4.78 is 0. The summed E-state index contributed by atoms with van der Waals surface area (Å²) in [5, 5.41) is 5.91. The van der Waals surface area contributed by atoms with Crippen LogP contribution in [0.5, 0.6) is 0 Å². The number of anilines is 2. The predicted octanol–water partition coefficient (Wildman–Crippen LogP) is 4.03. The number of benzene rings is 3. The summed E-state index contributed by atoms with van der Waals surface area (Å²) in [5.41, 5.74) is 9.00. The molecular weight excluding hydrogens is 232 g/mol. The maximum Gasteiger partial charge on any atom is 0.0421 e. The Balaban J connectivity index is 1.80. The van der Waals surface area contributed by atoms with Crippen LogP contribution in [0.2, 0.25) is 0 Å². The fourth-order valence-electron chi connectivity index (χ4n) is 2.19. The van der Waals surface area contributed by atoms with E-state index < -0.39 is 0 Å². The van der Waals surface area contributed by atoms with Crippen molar-refractivity contribution in [3.63, 3.8) is 0 Å². The summed E-state index contributed by atoms with van der Waals surface area (Å²) >= 11 is 0. The molecule has 0 radical (unpaired) electrons. The molecule has 0 aliphatic carbocycles. The van der Waals surface area contributed by atoms with Gasteiger partial charge in [-0.1, -0.05) is 48.5 Å². The van der Waals surface area contributed by atoms with Crippen molar-refractivity contribution >= 4 is 22.1 Å². The Morgan fingerprint density at radius 2 is 1.53 bits per heavy atom. The van der Waals surface area contributed by atoms with Crippen LogP contribution in [0.25, 0.3) is 10.8 Å². The fraction of sp³-hybridized carbons (Fsp3) is 0.0588. The molecule has 3 N–H and O–H groups in total. The zero-order chi connectivity index (χ0) is 13.1. The van der Waals surface area contributed by atoms with E-state index in [1.165, 1.54) is 10.8 Å². The molecule has 0 atom stereocenters. The number of hydrogen-bond acceptors (Lipinski definition) is 2. The molecule has 0 saturated carbocycles. The fourth-order valence-corrected chi connectivity index (χ4v) is 2.19. The number of nitrogen functional groups attached to an aromatic ring is 1. The van der Waals surface area contributed by atoms with Crippen molar-refractivity contribution in [1.29, 1.82) is 0 Å². The van der Waals surface area contributed by atoms with Crippen molar-refractivity contribution in [2.75, 3.05) is 11.1 Å². The van der Waals surface area contributed by atoms with E-state index in [4.69, 9.17) is 5.73 Å². The molecule has 2 heteroatoms. The van der Waals surface area contributed by atoms with Crippen molar-refractivity contribution in [1.82, 2.24) is 0 Å².